The van der Waals surface area contributed by atoms with E-state index in [-0.39, 0.29) is 11.8 Å². The molecule has 0 radical (unpaired) electrons. The Morgan fingerprint density at radius 1 is 1.14 bits per heavy atom. The molecule has 6 nitrogen and oxygen atoms in total. The highest BCUT2D eigenvalue weighted by molar-refractivity contribution is 5.88. The minimum Gasteiger partial charge on any atom is -0.378 e. The van der Waals surface area contributed by atoms with Crippen molar-refractivity contribution in [2.75, 3.05) is 32.9 Å². The molecule has 0 aromatic carbocycles. The van der Waals surface area contributed by atoms with Crippen LogP contribution in [0.2, 0.25) is 0 Å². The average Bonchev–Trinajstić information content (AvgIpc) is 2.93. The molecule has 1 saturated carbocycles. The van der Waals surface area contributed by atoms with Gasteiger partial charge in [0.05, 0.1) is 19.8 Å². The van der Waals surface area contributed by atoms with Crippen molar-refractivity contribution in [1.82, 2.24) is 9.80 Å². The van der Waals surface area contributed by atoms with Crippen molar-refractivity contribution in [1.29, 1.82) is 0 Å². The van der Waals surface area contributed by atoms with E-state index in [2.05, 4.69) is 0 Å². The van der Waals surface area contributed by atoms with E-state index in [1.165, 1.54) is 6.42 Å². The molecule has 0 N–H and O–H groups in total. The maximum absolute atomic E-state index is 12.9. The highest BCUT2D eigenvalue weighted by Gasteiger charge is 2.53. The fourth-order valence-electron chi connectivity index (χ4n) is 3.90. The Bertz CT molecular complexity index is 428. The predicted molar refractivity (Wildman–Crippen MR) is 80.1 cm³/mol. The van der Waals surface area contributed by atoms with Crippen molar-refractivity contribution >= 4 is 11.8 Å². The summed E-state index contributed by atoms with van der Waals surface area (Å²) < 4.78 is 11.4. The number of rotatable bonds is 2. The van der Waals surface area contributed by atoms with Crippen LogP contribution in [-0.2, 0) is 19.1 Å². The molecule has 124 valence electrons. The minimum atomic E-state index is -0.530. The van der Waals surface area contributed by atoms with Gasteiger partial charge in [0.2, 0.25) is 11.8 Å². The zero-order valence-electron chi connectivity index (χ0n) is 13.4. The van der Waals surface area contributed by atoms with Crippen molar-refractivity contribution in [2.24, 2.45) is 0 Å². The van der Waals surface area contributed by atoms with Crippen LogP contribution in [-0.4, -0.2) is 66.3 Å². The largest absolute Gasteiger partial charge is 0.378 e. The Morgan fingerprint density at radius 3 is 2.45 bits per heavy atom. The molecule has 2 heterocycles. The lowest BCUT2D eigenvalue weighted by atomic mass is 9.90. The number of carbonyl (C=O) groups excluding carboxylic acids is 2. The molecule has 3 aliphatic rings. The van der Waals surface area contributed by atoms with E-state index >= 15 is 0 Å². The van der Waals surface area contributed by atoms with Gasteiger partial charge in [-0.15, -0.1) is 0 Å². The molecule has 2 saturated heterocycles. The van der Waals surface area contributed by atoms with Crippen molar-refractivity contribution in [3.8, 4) is 0 Å². The second-order valence-corrected chi connectivity index (χ2v) is 6.39. The van der Waals surface area contributed by atoms with Gasteiger partial charge in [-0.2, -0.15) is 0 Å². The Hall–Kier alpha value is -1.14. The molecule has 3 rings (SSSR count). The summed E-state index contributed by atoms with van der Waals surface area (Å²) in [6, 6.07) is -0.455. The number of nitrogens with zero attached hydrogens (tertiary/aromatic N) is 2. The van der Waals surface area contributed by atoms with Crippen molar-refractivity contribution in [2.45, 2.75) is 57.2 Å². The van der Waals surface area contributed by atoms with Crippen molar-refractivity contribution in [3.63, 3.8) is 0 Å². The van der Waals surface area contributed by atoms with Gasteiger partial charge in [0.15, 0.2) is 0 Å². The van der Waals surface area contributed by atoms with Gasteiger partial charge in [-0.05, 0) is 25.7 Å². The standard InChI is InChI=1S/C16H26N2O4/c1-2-14(19)18-13(15(20)17-8-10-21-11-9-17)12-22-16(18)6-4-3-5-7-16/h13H,2-12H2,1H3/t13-/m0/s1. The van der Waals surface area contributed by atoms with E-state index < -0.39 is 11.8 Å². The van der Waals surface area contributed by atoms with E-state index in [4.69, 9.17) is 9.47 Å². The molecule has 1 aliphatic carbocycles. The zero-order valence-corrected chi connectivity index (χ0v) is 13.4. The lowest BCUT2D eigenvalue weighted by Gasteiger charge is -2.42. The maximum atomic E-state index is 12.9. The molecule has 0 aromatic heterocycles. The summed E-state index contributed by atoms with van der Waals surface area (Å²) in [7, 11) is 0. The Labute approximate surface area is 131 Å². The quantitative estimate of drug-likeness (QED) is 0.767. The number of amides is 2. The Balaban J connectivity index is 1.80. The highest BCUT2D eigenvalue weighted by Crippen LogP contribution is 2.41. The van der Waals surface area contributed by atoms with Gasteiger partial charge in [0.25, 0.3) is 0 Å². The Morgan fingerprint density at radius 2 is 1.82 bits per heavy atom. The number of hydrogen-bond donors (Lipinski definition) is 0. The van der Waals surface area contributed by atoms with Crippen LogP contribution in [0.1, 0.15) is 45.4 Å². The summed E-state index contributed by atoms with van der Waals surface area (Å²) in [6.07, 6.45) is 5.43. The number of hydrogen-bond acceptors (Lipinski definition) is 4. The van der Waals surface area contributed by atoms with E-state index in [1.807, 2.05) is 11.8 Å². The van der Waals surface area contributed by atoms with E-state index in [1.54, 1.807) is 4.90 Å². The lowest BCUT2D eigenvalue weighted by molar-refractivity contribution is -0.162. The van der Waals surface area contributed by atoms with E-state index in [9.17, 15) is 9.59 Å². The second kappa shape index (κ2) is 6.54. The van der Waals surface area contributed by atoms with Crippen LogP contribution >= 0.6 is 0 Å². The van der Waals surface area contributed by atoms with Gasteiger partial charge in [-0.25, -0.2) is 0 Å². The van der Waals surface area contributed by atoms with Crippen LogP contribution in [0.25, 0.3) is 0 Å². The first-order valence-corrected chi connectivity index (χ1v) is 8.50. The van der Waals surface area contributed by atoms with Crippen LogP contribution in [0, 0.1) is 0 Å². The molecule has 1 spiro atoms. The normalized spacial score (nSPS) is 28.1. The molecule has 1 atom stereocenters. The molecule has 0 bridgehead atoms. The SMILES string of the molecule is CCC(=O)N1[C@H](C(=O)N2CCOCC2)COC12CCCCC2. The first kappa shape index (κ1) is 15.7. The highest BCUT2D eigenvalue weighted by atomic mass is 16.5. The second-order valence-electron chi connectivity index (χ2n) is 6.39. The van der Waals surface area contributed by atoms with Gasteiger partial charge in [0, 0.05) is 19.5 Å². The summed E-state index contributed by atoms with van der Waals surface area (Å²) in [5, 5.41) is 0. The number of ether oxygens (including phenoxy) is 2. The third-order valence-corrected chi connectivity index (χ3v) is 5.07. The first-order valence-electron chi connectivity index (χ1n) is 8.50. The maximum Gasteiger partial charge on any atom is 0.248 e. The summed E-state index contributed by atoms with van der Waals surface area (Å²) >= 11 is 0. The van der Waals surface area contributed by atoms with Crippen LogP contribution < -0.4 is 0 Å². The summed E-state index contributed by atoms with van der Waals surface area (Å²) in [6.45, 7) is 4.56. The molecule has 2 aliphatic heterocycles. The summed E-state index contributed by atoms with van der Waals surface area (Å²) in [5.41, 5.74) is -0.530. The number of morpholine rings is 1. The van der Waals surface area contributed by atoms with Gasteiger partial charge in [-0.3, -0.25) is 14.5 Å². The molecular weight excluding hydrogens is 284 g/mol. The first-order chi connectivity index (χ1) is 10.7. The molecule has 0 unspecified atom stereocenters. The van der Waals surface area contributed by atoms with Crippen LogP contribution in [0.5, 0.6) is 0 Å². The molecular formula is C16H26N2O4. The third-order valence-electron chi connectivity index (χ3n) is 5.07. The molecule has 3 fully saturated rings. The monoisotopic (exact) mass is 310 g/mol. The zero-order chi connectivity index (χ0) is 15.6. The Kier molecular flexibility index (Phi) is 4.68. The molecule has 6 heteroatoms. The van der Waals surface area contributed by atoms with Gasteiger partial charge in [-0.1, -0.05) is 13.3 Å². The van der Waals surface area contributed by atoms with E-state index in [0.29, 0.717) is 39.3 Å². The van der Waals surface area contributed by atoms with Gasteiger partial charge >= 0.3 is 0 Å². The van der Waals surface area contributed by atoms with Crippen LogP contribution in [0.4, 0.5) is 0 Å². The minimum absolute atomic E-state index is 0.0209. The predicted octanol–water partition coefficient (Wildman–Crippen LogP) is 1.14. The molecule has 22 heavy (non-hydrogen) atoms. The lowest BCUT2D eigenvalue weighted by Crippen LogP contribution is -2.57. The van der Waals surface area contributed by atoms with Crippen LogP contribution in [0.3, 0.4) is 0 Å². The van der Waals surface area contributed by atoms with Gasteiger partial charge in [0.1, 0.15) is 11.8 Å². The fraction of sp³-hybridized carbons (Fsp3) is 0.875. The smallest absolute Gasteiger partial charge is 0.248 e. The number of carbonyl (C=O) groups is 2. The van der Waals surface area contributed by atoms with Crippen molar-refractivity contribution < 1.29 is 19.1 Å². The molecule has 2 amide bonds. The van der Waals surface area contributed by atoms with E-state index in [0.717, 1.165) is 25.7 Å². The fourth-order valence-corrected chi connectivity index (χ4v) is 3.90. The summed E-state index contributed by atoms with van der Waals surface area (Å²) in [4.78, 5) is 29.0. The summed E-state index contributed by atoms with van der Waals surface area (Å²) in [5.74, 6) is 0.0542. The molecule has 0 aromatic rings. The van der Waals surface area contributed by atoms with Crippen molar-refractivity contribution in [3.05, 3.63) is 0 Å². The topological polar surface area (TPSA) is 59.1 Å². The average molecular weight is 310 g/mol. The van der Waals surface area contributed by atoms with Crippen LogP contribution in [0.15, 0.2) is 0 Å². The van der Waals surface area contributed by atoms with Gasteiger partial charge < -0.3 is 14.4 Å². The third kappa shape index (κ3) is 2.74.